The molecule has 2 heterocycles. The molecule has 4 nitrogen and oxygen atoms in total. The molecular weight excluding hydrogens is 276 g/mol. The Bertz CT molecular complexity index is 710. The molecule has 2 aromatic rings. The van der Waals surface area contributed by atoms with Crippen LogP contribution in [-0.4, -0.2) is 29.1 Å². The number of rotatable bonds is 1. The van der Waals surface area contributed by atoms with E-state index in [1.165, 1.54) is 22.2 Å². The molecule has 1 aromatic carbocycles. The van der Waals surface area contributed by atoms with Crippen molar-refractivity contribution >= 4 is 17.0 Å². The zero-order valence-electron chi connectivity index (χ0n) is 13.8. The number of hydrogen-bond acceptors (Lipinski definition) is 2. The molecule has 0 spiro atoms. The molecule has 0 bridgehead atoms. The van der Waals surface area contributed by atoms with Crippen molar-refractivity contribution in [2.45, 2.75) is 46.1 Å². The van der Waals surface area contributed by atoms with E-state index in [-0.39, 0.29) is 11.5 Å². The summed E-state index contributed by atoms with van der Waals surface area (Å²) in [5.74, 6) is 0. The quantitative estimate of drug-likeness (QED) is 0.866. The molecule has 22 heavy (non-hydrogen) atoms. The maximum absolute atomic E-state index is 12.0. The Hall–Kier alpha value is -1.97. The summed E-state index contributed by atoms with van der Waals surface area (Å²) in [5.41, 5.74) is 5.08. The van der Waals surface area contributed by atoms with E-state index in [0.29, 0.717) is 19.7 Å². The van der Waals surface area contributed by atoms with Gasteiger partial charge in [-0.25, -0.2) is 4.79 Å². The number of H-pyrrole nitrogens is 1. The van der Waals surface area contributed by atoms with Gasteiger partial charge in [-0.15, -0.1) is 0 Å². The largest absolute Gasteiger partial charge is 0.450 e. The summed E-state index contributed by atoms with van der Waals surface area (Å²) in [7, 11) is 0. The summed E-state index contributed by atoms with van der Waals surface area (Å²) in [6.07, 6.45) is 0.641. The van der Waals surface area contributed by atoms with Gasteiger partial charge < -0.3 is 14.6 Å². The fraction of sp³-hybridized carbons (Fsp3) is 0.500. The van der Waals surface area contributed by atoms with Crippen molar-refractivity contribution in [2.24, 2.45) is 0 Å². The molecule has 1 aromatic heterocycles. The second-order valence-electron chi connectivity index (χ2n) is 6.96. The molecule has 0 saturated heterocycles. The Morgan fingerprint density at radius 2 is 2.14 bits per heavy atom. The topological polar surface area (TPSA) is 45.3 Å². The van der Waals surface area contributed by atoms with Crippen molar-refractivity contribution in [1.29, 1.82) is 0 Å². The smallest absolute Gasteiger partial charge is 0.410 e. The number of amides is 1. The standard InChI is InChI=1S/C18H24N2O2/c1-5-22-17(21)20-9-8-16-14(11-20)13-10-12(18(2,3)4)6-7-15(13)19-16/h6-7,10,19H,5,8-9,11H2,1-4H3. The average Bonchev–Trinajstić information content (AvgIpc) is 2.83. The molecule has 118 valence electrons. The van der Waals surface area contributed by atoms with E-state index in [1.54, 1.807) is 4.90 Å². The number of aromatic amines is 1. The molecule has 0 radical (unpaired) electrons. The number of aromatic nitrogens is 1. The van der Waals surface area contributed by atoms with Gasteiger partial charge in [0.05, 0.1) is 13.2 Å². The van der Waals surface area contributed by atoms with Crippen LogP contribution in [0.25, 0.3) is 10.9 Å². The Balaban J connectivity index is 1.99. The fourth-order valence-corrected chi connectivity index (χ4v) is 3.05. The summed E-state index contributed by atoms with van der Waals surface area (Å²) < 4.78 is 5.14. The second kappa shape index (κ2) is 5.34. The first-order valence-electron chi connectivity index (χ1n) is 7.96. The van der Waals surface area contributed by atoms with Gasteiger partial charge in [0, 0.05) is 35.1 Å². The lowest BCUT2D eigenvalue weighted by molar-refractivity contribution is 0.103. The first-order valence-corrected chi connectivity index (χ1v) is 7.96. The predicted octanol–water partition coefficient (Wildman–Crippen LogP) is 3.98. The van der Waals surface area contributed by atoms with Crippen LogP contribution < -0.4 is 0 Å². The average molecular weight is 300 g/mol. The minimum Gasteiger partial charge on any atom is -0.450 e. The van der Waals surface area contributed by atoms with Gasteiger partial charge >= 0.3 is 6.09 Å². The number of carbonyl (C=O) groups is 1. The van der Waals surface area contributed by atoms with Gasteiger partial charge in [0.15, 0.2) is 0 Å². The Morgan fingerprint density at radius 1 is 1.36 bits per heavy atom. The maximum Gasteiger partial charge on any atom is 0.410 e. The molecule has 4 heteroatoms. The van der Waals surface area contributed by atoms with E-state index < -0.39 is 0 Å². The minimum atomic E-state index is -0.213. The molecule has 0 atom stereocenters. The first-order chi connectivity index (χ1) is 10.4. The van der Waals surface area contributed by atoms with Gasteiger partial charge in [-0.1, -0.05) is 26.8 Å². The highest BCUT2D eigenvalue weighted by molar-refractivity contribution is 5.86. The van der Waals surface area contributed by atoms with Gasteiger partial charge in [0.1, 0.15) is 0 Å². The van der Waals surface area contributed by atoms with Crippen molar-refractivity contribution in [2.75, 3.05) is 13.2 Å². The number of nitrogens with zero attached hydrogens (tertiary/aromatic N) is 1. The highest BCUT2D eigenvalue weighted by atomic mass is 16.6. The summed E-state index contributed by atoms with van der Waals surface area (Å²) in [5, 5.41) is 1.23. The van der Waals surface area contributed by atoms with E-state index in [9.17, 15) is 4.79 Å². The van der Waals surface area contributed by atoms with E-state index in [0.717, 1.165) is 11.9 Å². The second-order valence-corrected chi connectivity index (χ2v) is 6.96. The third-order valence-electron chi connectivity index (χ3n) is 4.37. The van der Waals surface area contributed by atoms with Crippen LogP contribution in [0.3, 0.4) is 0 Å². The van der Waals surface area contributed by atoms with Crippen LogP contribution in [0.4, 0.5) is 4.79 Å². The van der Waals surface area contributed by atoms with E-state index in [1.807, 2.05) is 6.92 Å². The van der Waals surface area contributed by atoms with Gasteiger partial charge in [-0.3, -0.25) is 0 Å². The van der Waals surface area contributed by atoms with E-state index in [4.69, 9.17) is 4.74 Å². The lowest BCUT2D eigenvalue weighted by Gasteiger charge is -2.26. The maximum atomic E-state index is 12.0. The van der Waals surface area contributed by atoms with Crippen molar-refractivity contribution < 1.29 is 9.53 Å². The van der Waals surface area contributed by atoms with Crippen LogP contribution in [0.5, 0.6) is 0 Å². The summed E-state index contributed by atoms with van der Waals surface area (Å²) in [4.78, 5) is 17.3. The van der Waals surface area contributed by atoms with Gasteiger partial charge in [-0.05, 0) is 30.0 Å². The van der Waals surface area contributed by atoms with Crippen LogP contribution in [-0.2, 0) is 23.1 Å². The lowest BCUT2D eigenvalue weighted by atomic mass is 9.86. The Labute approximate surface area is 131 Å². The number of benzene rings is 1. The van der Waals surface area contributed by atoms with Gasteiger partial charge in [-0.2, -0.15) is 0 Å². The van der Waals surface area contributed by atoms with Gasteiger partial charge in [0.2, 0.25) is 0 Å². The molecule has 1 aliphatic heterocycles. The van der Waals surface area contributed by atoms with Crippen LogP contribution in [0.15, 0.2) is 18.2 Å². The van der Waals surface area contributed by atoms with Crippen LogP contribution in [0, 0.1) is 0 Å². The zero-order valence-corrected chi connectivity index (χ0v) is 13.8. The highest BCUT2D eigenvalue weighted by Gasteiger charge is 2.25. The number of carbonyl (C=O) groups excluding carboxylic acids is 1. The summed E-state index contributed by atoms with van der Waals surface area (Å²) in [6, 6.07) is 6.61. The molecule has 1 N–H and O–H groups in total. The van der Waals surface area contributed by atoms with Crippen molar-refractivity contribution in [1.82, 2.24) is 9.88 Å². The normalized spacial score (nSPS) is 15.0. The molecule has 1 amide bonds. The van der Waals surface area contributed by atoms with Crippen LogP contribution in [0.2, 0.25) is 0 Å². The number of nitrogens with one attached hydrogen (secondary N) is 1. The highest BCUT2D eigenvalue weighted by Crippen LogP contribution is 2.32. The molecule has 3 rings (SSSR count). The monoisotopic (exact) mass is 300 g/mol. The zero-order chi connectivity index (χ0) is 15.9. The first kappa shape index (κ1) is 14.9. The molecule has 1 aliphatic rings. The SMILES string of the molecule is CCOC(=O)N1CCc2[nH]c3ccc(C(C)(C)C)cc3c2C1. The fourth-order valence-electron chi connectivity index (χ4n) is 3.05. The van der Waals surface area contributed by atoms with Crippen LogP contribution >= 0.6 is 0 Å². The van der Waals surface area contributed by atoms with E-state index >= 15 is 0 Å². The lowest BCUT2D eigenvalue weighted by Crippen LogP contribution is -2.36. The Kier molecular flexibility index (Phi) is 3.63. The molecule has 0 saturated carbocycles. The third-order valence-corrected chi connectivity index (χ3v) is 4.37. The molecule has 0 aliphatic carbocycles. The molecule has 0 unspecified atom stereocenters. The number of hydrogen-bond donors (Lipinski definition) is 1. The summed E-state index contributed by atoms with van der Waals surface area (Å²) in [6.45, 7) is 10.3. The number of ether oxygens (including phenoxy) is 1. The van der Waals surface area contributed by atoms with E-state index in [2.05, 4.69) is 44.0 Å². The Morgan fingerprint density at radius 3 is 2.82 bits per heavy atom. The van der Waals surface area contributed by atoms with Gasteiger partial charge in [0.25, 0.3) is 0 Å². The third kappa shape index (κ3) is 2.58. The molecular formula is C18H24N2O2. The minimum absolute atomic E-state index is 0.119. The summed E-state index contributed by atoms with van der Waals surface area (Å²) >= 11 is 0. The molecule has 0 fully saturated rings. The number of fused-ring (bicyclic) bond motifs is 3. The van der Waals surface area contributed by atoms with Crippen molar-refractivity contribution in [3.05, 3.63) is 35.0 Å². The van der Waals surface area contributed by atoms with Crippen molar-refractivity contribution in [3.63, 3.8) is 0 Å². The van der Waals surface area contributed by atoms with Crippen LogP contribution in [0.1, 0.15) is 44.5 Å². The van der Waals surface area contributed by atoms with Crippen molar-refractivity contribution in [3.8, 4) is 0 Å². The predicted molar refractivity (Wildman–Crippen MR) is 88.1 cm³/mol.